The van der Waals surface area contributed by atoms with Crippen LogP contribution in [0.4, 0.5) is 4.79 Å². The van der Waals surface area contributed by atoms with E-state index in [1.54, 1.807) is 11.8 Å². The molecule has 33 heavy (non-hydrogen) atoms. The van der Waals surface area contributed by atoms with Crippen LogP contribution in [0.25, 0.3) is 0 Å². The molecule has 0 saturated carbocycles. The molecular formula is C24H41N3O6. The van der Waals surface area contributed by atoms with Gasteiger partial charge in [0.05, 0.1) is 0 Å². The second-order valence-corrected chi connectivity index (χ2v) is 10.3. The first-order chi connectivity index (χ1) is 15.5. The van der Waals surface area contributed by atoms with Gasteiger partial charge in [0.1, 0.15) is 11.6 Å². The van der Waals surface area contributed by atoms with Crippen LogP contribution in [0.2, 0.25) is 0 Å². The highest BCUT2D eigenvalue weighted by atomic mass is 16.6. The van der Waals surface area contributed by atoms with E-state index in [1.807, 2.05) is 25.7 Å². The number of nitrogens with one attached hydrogen (secondary N) is 1. The highest BCUT2D eigenvalue weighted by Crippen LogP contribution is 2.25. The Morgan fingerprint density at radius 2 is 1.52 bits per heavy atom. The Bertz CT molecular complexity index is 689. The molecule has 2 fully saturated rings. The highest BCUT2D eigenvalue weighted by molar-refractivity contribution is 5.83. The summed E-state index contributed by atoms with van der Waals surface area (Å²) >= 11 is 0. The third-order valence-electron chi connectivity index (χ3n) is 6.52. The second-order valence-electron chi connectivity index (χ2n) is 10.3. The molecule has 0 aliphatic carbocycles. The largest absolute Gasteiger partial charge is 0.480 e. The SMILES string of the molecule is CC[C@H](NC(=O)CC1CCN(C(=O)CCC2CCN(C(=O)OC(C)(C)C)CC2)CC1)C(=O)O. The first kappa shape index (κ1) is 26.9. The molecule has 2 rings (SSSR count). The standard InChI is InChI=1S/C24H41N3O6/c1-5-19(22(30)31)25-20(28)16-18-10-12-26(13-11-18)21(29)7-6-17-8-14-27(15-9-17)23(32)33-24(2,3)4/h17-19H,5-16H2,1-4H3,(H,25,28)(H,30,31)/t19-/m0/s1. The normalized spacial score (nSPS) is 19.2. The van der Waals surface area contributed by atoms with Gasteiger partial charge in [-0.3, -0.25) is 9.59 Å². The summed E-state index contributed by atoms with van der Waals surface area (Å²) in [5.74, 6) is -0.468. The number of carbonyl (C=O) groups is 4. The quantitative estimate of drug-likeness (QED) is 0.567. The summed E-state index contributed by atoms with van der Waals surface area (Å²) < 4.78 is 5.43. The van der Waals surface area contributed by atoms with Gasteiger partial charge in [-0.1, -0.05) is 6.92 Å². The zero-order valence-electron chi connectivity index (χ0n) is 20.6. The topological polar surface area (TPSA) is 116 Å². The van der Waals surface area contributed by atoms with Gasteiger partial charge in [0.15, 0.2) is 0 Å². The molecule has 1 atom stereocenters. The minimum absolute atomic E-state index is 0.157. The number of ether oxygens (including phenoxy) is 1. The van der Waals surface area contributed by atoms with Crippen LogP contribution in [0.15, 0.2) is 0 Å². The molecule has 2 N–H and O–H groups in total. The minimum atomic E-state index is -1.01. The van der Waals surface area contributed by atoms with E-state index in [1.165, 1.54) is 0 Å². The fourth-order valence-electron chi connectivity index (χ4n) is 4.46. The van der Waals surface area contributed by atoms with Crippen molar-refractivity contribution in [2.75, 3.05) is 26.2 Å². The summed E-state index contributed by atoms with van der Waals surface area (Å²) in [5, 5.41) is 11.6. The van der Waals surface area contributed by atoms with E-state index in [9.17, 15) is 19.2 Å². The Kier molecular flexibility index (Phi) is 9.98. The molecule has 2 heterocycles. The number of carboxylic acids is 1. The summed E-state index contributed by atoms with van der Waals surface area (Å²) in [6.07, 6.45) is 5.04. The van der Waals surface area contributed by atoms with Gasteiger partial charge in [0.25, 0.3) is 0 Å². The lowest BCUT2D eigenvalue weighted by Crippen LogP contribution is -2.43. The maximum atomic E-state index is 12.7. The summed E-state index contributed by atoms with van der Waals surface area (Å²) in [5.41, 5.74) is -0.492. The van der Waals surface area contributed by atoms with E-state index in [2.05, 4.69) is 5.32 Å². The number of carboxylic acid groups (broad SMARTS) is 1. The molecule has 2 saturated heterocycles. The molecule has 0 unspecified atom stereocenters. The number of piperidine rings is 2. The van der Waals surface area contributed by atoms with Gasteiger partial charge >= 0.3 is 12.1 Å². The Morgan fingerprint density at radius 1 is 0.970 bits per heavy atom. The monoisotopic (exact) mass is 467 g/mol. The molecule has 0 spiro atoms. The molecule has 9 heteroatoms. The Balaban J connectivity index is 1.64. The van der Waals surface area contributed by atoms with E-state index in [0.29, 0.717) is 51.4 Å². The van der Waals surface area contributed by atoms with Gasteiger partial charge in [-0.05, 0) is 71.1 Å². The zero-order valence-corrected chi connectivity index (χ0v) is 20.6. The van der Waals surface area contributed by atoms with Gasteiger partial charge in [-0.15, -0.1) is 0 Å². The van der Waals surface area contributed by atoms with Crippen molar-refractivity contribution in [2.24, 2.45) is 11.8 Å². The average molecular weight is 468 g/mol. The van der Waals surface area contributed by atoms with Crippen LogP contribution in [0.5, 0.6) is 0 Å². The summed E-state index contributed by atoms with van der Waals surface area (Å²) in [6.45, 7) is 9.94. The van der Waals surface area contributed by atoms with Crippen molar-refractivity contribution < 1.29 is 29.0 Å². The van der Waals surface area contributed by atoms with Gasteiger partial charge in [0, 0.05) is 39.0 Å². The lowest BCUT2D eigenvalue weighted by molar-refractivity contribution is -0.142. The van der Waals surface area contributed by atoms with Crippen LogP contribution in [0, 0.1) is 11.8 Å². The fraction of sp³-hybridized carbons (Fsp3) is 0.833. The maximum absolute atomic E-state index is 12.7. The number of hydrogen-bond acceptors (Lipinski definition) is 5. The summed E-state index contributed by atoms with van der Waals surface area (Å²) in [4.78, 5) is 51.7. The predicted molar refractivity (Wildman–Crippen MR) is 124 cm³/mol. The highest BCUT2D eigenvalue weighted by Gasteiger charge is 2.29. The number of nitrogens with zero attached hydrogens (tertiary/aromatic N) is 2. The molecule has 188 valence electrons. The van der Waals surface area contributed by atoms with Gasteiger partial charge in [-0.25, -0.2) is 9.59 Å². The van der Waals surface area contributed by atoms with E-state index in [0.717, 1.165) is 32.1 Å². The van der Waals surface area contributed by atoms with E-state index in [4.69, 9.17) is 9.84 Å². The Morgan fingerprint density at radius 3 is 2.03 bits per heavy atom. The van der Waals surface area contributed by atoms with Crippen molar-refractivity contribution in [2.45, 2.75) is 90.7 Å². The van der Waals surface area contributed by atoms with E-state index < -0.39 is 17.6 Å². The third kappa shape index (κ3) is 9.21. The molecule has 2 aliphatic rings. The van der Waals surface area contributed by atoms with E-state index >= 15 is 0 Å². The van der Waals surface area contributed by atoms with Crippen molar-refractivity contribution in [3.8, 4) is 0 Å². The van der Waals surface area contributed by atoms with Crippen LogP contribution >= 0.6 is 0 Å². The number of likely N-dealkylation sites (tertiary alicyclic amines) is 2. The van der Waals surface area contributed by atoms with Crippen molar-refractivity contribution in [1.29, 1.82) is 0 Å². The lowest BCUT2D eigenvalue weighted by Gasteiger charge is -2.34. The molecule has 0 aromatic carbocycles. The van der Waals surface area contributed by atoms with Crippen LogP contribution in [-0.4, -0.2) is 76.6 Å². The molecule has 9 nitrogen and oxygen atoms in total. The number of rotatable bonds is 8. The molecule has 2 aliphatic heterocycles. The van der Waals surface area contributed by atoms with Gasteiger partial charge in [0.2, 0.25) is 11.8 Å². The minimum Gasteiger partial charge on any atom is -0.480 e. The Labute approximate surface area is 197 Å². The lowest BCUT2D eigenvalue weighted by atomic mass is 9.91. The molecule has 0 aromatic rings. The predicted octanol–water partition coefficient (Wildman–Crippen LogP) is 3.02. The number of amides is 3. The smallest absolute Gasteiger partial charge is 0.410 e. The molecule has 0 bridgehead atoms. The zero-order chi connectivity index (χ0) is 24.6. The summed E-state index contributed by atoms with van der Waals surface area (Å²) in [7, 11) is 0. The van der Waals surface area contributed by atoms with Crippen molar-refractivity contribution in [3.05, 3.63) is 0 Å². The van der Waals surface area contributed by atoms with Gasteiger partial charge in [-0.2, -0.15) is 0 Å². The molecule has 0 aromatic heterocycles. The first-order valence-electron chi connectivity index (χ1n) is 12.3. The first-order valence-corrected chi connectivity index (χ1v) is 12.3. The van der Waals surface area contributed by atoms with E-state index in [-0.39, 0.29) is 23.8 Å². The third-order valence-corrected chi connectivity index (χ3v) is 6.52. The summed E-state index contributed by atoms with van der Waals surface area (Å²) in [6, 6.07) is -0.838. The van der Waals surface area contributed by atoms with Crippen molar-refractivity contribution in [3.63, 3.8) is 0 Å². The van der Waals surface area contributed by atoms with Crippen molar-refractivity contribution in [1.82, 2.24) is 15.1 Å². The maximum Gasteiger partial charge on any atom is 0.410 e. The van der Waals surface area contributed by atoms with Gasteiger partial charge < -0.3 is 25.0 Å². The number of hydrogen-bond donors (Lipinski definition) is 2. The van der Waals surface area contributed by atoms with Crippen LogP contribution in [0.1, 0.15) is 79.1 Å². The van der Waals surface area contributed by atoms with Crippen LogP contribution < -0.4 is 5.32 Å². The molecule has 3 amide bonds. The number of aliphatic carboxylic acids is 1. The molecular weight excluding hydrogens is 426 g/mol. The fourth-order valence-corrected chi connectivity index (χ4v) is 4.46. The van der Waals surface area contributed by atoms with Crippen LogP contribution in [0.3, 0.4) is 0 Å². The Hall–Kier alpha value is -2.32. The molecule has 0 radical (unpaired) electrons. The number of carbonyl (C=O) groups excluding carboxylic acids is 3. The van der Waals surface area contributed by atoms with Crippen LogP contribution in [-0.2, 0) is 19.1 Å². The second kappa shape index (κ2) is 12.2. The van der Waals surface area contributed by atoms with Crippen molar-refractivity contribution >= 4 is 23.9 Å². The average Bonchev–Trinajstić information content (AvgIpc) is 2.75.